The zero-order chi connectivity index (χ0) is 10.9. The topological polar surface area (TPSA) is 29.3 Å². The fourth-order valence-electron chi connectivity index (χ4n) is 1.25. The number of hydrogen-bond acceptors (Lipinski definition) is 3. The molecule has 1 rings (SSSR count). The molecule has 0 aliphatic rings. The van der Waals surface area contributed by atoms with Crippen molar-refractivity contribution in [3.05, 3.63) is 21.9 Å². The van der Waals surface area contributed by atoms with Crippen molar-refractivity contribution in [3.8, 4) is 0 Å². The largest absolute Gasteiger partial charge is 0.322 e. The second-order valence-electron chi connectivity index (χ2n) is 4.47. The maximum absolute atomic E-state index is 6.26. The van der Waals surface area contributed by atoms with Crippen LogP contribution in [0.4, 0.5) is 0 Å². The molecule has 2 nitrogen and oxygen atoms in total. The van der Waals surface area contributed by atoms with Crippen LogP contribution in [0, 0.1) is 6.92 Å². The molecular weight excluding hydrogens is 192 g/mol. The second-order valence-corrected chi connectivity index (χ2v) is 5.79. The Hall–Kier alpha value is -0.380. The van der Waals surface area contributed by atoms with Gasteiger partial charge in [-0.3, -0.25) is 0 Å². The molecule has 3 heteroatoms. The Balaban J connectivity index is 2.89. The van der Waals surface area contributed by atoms with E-state index in [-0.39, 0.29) is 11.6 Å². The predicted molar refractivity (Wildman–Crippen MR) is 63.8 cm³/mol. The van der Waals surface area contributed by atoms with E-state index >= 15 is 0 Å². The molecule has 0 aliphatic heterocycles. The van der Waals surface area contributed by atoms with Crippen LogP contribution in [0.25, 0.3) is 0 Å². The number of thiophene rings is 1. The summed E-state index contributed by atoms with van der Waals surface area (Å²) in [6.45, 7) is 6.46. The first-order valence-corrected chi connectivity index (χ1v) is 5.66. The SMILES string of the molecule is Cc1ccc(C(N)C(C)(C)N(C)C)s1. The highest BCUT2D eigenvalue weighted by Gasteiger charge is 2.30. The standard InChI is InChI=1S/C11H20N2S/c1-8-6-7-9(14-8)10(12)11(2,3)13(4)5/h6-7,10H,12H2,1-5H3. The zero-order valence-electron chi connectivity index (χ0n) is 9.66. The van der Waals surface area contributed by atoms with Crippen molar-refractivity contribution in [1.29, 1.82) is 0 Å². The van der Waals surface area contributed by atoms with Crippen molar-refractivity contribution in [2.45, 2.75) is 32.4 Å². The van der Waals surface area contributed by atoms with E-state index in [1.807, 2.05) is 0 Å². The smallest absolute Gasteiger partial charge is 0.0571 e. The summed E-state index contributed by atoms with van der Waals surface area (Å²) in [5.74, 6) is 0. The summed E-state index contributed by atoms with van der Waals surface area (Å²) >= 11 is 1.79. The van der Waals surface area contributed by atoms with Crippen molar-refractivity contribution in [1.82, 2.24) is 4.90 Å². The molecule has 0 spiro atoms. The Morgan fingerprint density at radius 1 is 1.36 bits per heavy atom. The van der Waals surface area contributed by atoms with Gasteiger partial charge in [-0.2, -0.15) is 0 Å². The number of rotatable bonds is 3. The van der Waals surface area contributed by atoms with Crippen LogP contribution in [0.3, 0.4) is 0 Å². The fraction of sp³-hybridized carbons (Fsp3) is 0.636. The summed E-state index contributed by atoms with van der Waals surface area (Å²) in [6.07, 6.45) is 0. The van der Waals surface area contributed by atoms with Crippen LogP contribution in [-0.2, 0) is 0 Å². The molecule has 1 aromatic rings. The van der Waals surface area contributed by atoms with Crippen LogP contribution in [0.1, 0.15) is 29.6 Å². The minimum absolute atomic E-state index is 0.00269. The molecule has 0 amide bonds. The molecular formula is C11H20N2S. The molecule has 0 fully saturated rings. The summed E-state index contributed by atoms with van der Waals surface area (Å²) in [5.41, 5.74) is 6.25. The Bertz CT molecular complexity index is 302. The molecule has 0 aliphatic carbocycles. The average Bonchev–Trinajstić information content (AvgIpc) is 2.50. The van der Waals surface area contributed by atoms with Crippen molar-refractivity contribution in [2.75, 3.05) is 14.1 Å². The molecule has 1 aromatic heterocycles. The van der Waals surface area contributed by atoms with Gasteiger partial charge >= 0.3 is 0 Å². The van der Waals surface area contributed by atoms with Crippen molar-refractivity contribution in [2.24, 2.45) is 5.73 Å². The van der Waals surface area contributed by atoms with Crippen molar-refractivity contribution < 1.29 is 0 Å². The first kappa shape index (κ1) is 11.7. The van der Waals surface area contributed by atoms with E-state index in [4.69, 9.17) is 5.73 Å². The van der Waals surface area contributed by atoms with Gasteiger partial charge < -0.3 is 10.6 Å². The van der Waals surface area contributed by atoms with Crippen LogP contribution in [-0.4, -0.2) is 24.5 Å². The third kappa shape index (κ3) is 2.16. The normalized spacial score (nSPS) is 14.8. The molecule has 0 radical (unpaired) electrons. The number of aryl methyl sites for hydroxylation is 1. The highest BCUT2D eigenvalue weighted by Crippen LogP contribution is 2.31. The third-order valence-electron chi connectivity index (χ3n) is 2.98. The van der Waals surface area contributed by atoms with Gasteiger partial charge in [0.15, 0.2) is 0 Å². The zero-order valence-corrected chi connectivity index (χ0v) is 10.5. The van der Waals surface area contributed by atoms with Gasteiger partial charge in [0, 0.05) is 15.3 Å². The minimum Gasteiger partial charge on any atom is -0.322 e. The van der Waals surface area contributed by atoms with Gasteiger partial charge in [-0.15, -0.1) is 11.3 Å². The molecule has 1 atom stereocenters. The predicted octanol–water partition coefficient (Wildman–Crippen LogP) is 2.40. The van der Waals surface area contributed by atoms with E-state index in [2.05, 4.69) is 51.9 Å². The van der Waals surface area contributed by atoms with E-state index < -0.39 is 0 Å². The lowest BCUT2D eigenvalue weighted by atomic mass is 9.93. The van der Waals surface area contributed by atoms with Gasteiger partial charge in [0.05, 0.1) is 6.04 Å². The van der Waals surface area contributed by atoms with Gasteiger partial charge in [-0.1, -0.05) is 0 Å². The molecule has 0 bridgehead atoms. The highest BCUT2D eigenvalue weighted by molar-refractivity contribution is 7.12. The van der Waals surface area contributed by atoms with Crippen LogP contribution < -0.4 is 5.73 Å². The molecule has 1 unspecified atom stereocenters. The Kier molecular flexibility index (Phi) is 3.35. The summed E-state index contributed by atoms with van der Waals surface area (Å²) < 4.78 is 0. The molecule has 14 heavy (non-hydrogen) atoms. The first-order valence-electron chi connectivity index (χ1n) is 4.85. The lowest BCUT2D eigenvalue weighted by Gasteiger charge is -2.37. The molecule has 1 heterocycles. The maximum atomic E-state index is 6.26. The van der Waals surface area contributed by atoms with Gasteiger partial charge in [0.1, 0.15) is 0 Å². The third-order valence-corrected chi connectivity index (χ3v) is 4.07. The molecule has 0 saturated heterocycles. The van der Waals surface area contributed by atoms with E-state index in [0.717, 1.165) is 0 Å². The highest BCUT2D eigenvalue weighted by atomic mass is 32.1. The minimum atomic E-state index is -0.00269. The van der Waals surface area contributed by atoms with E-state index in [9.17, 15) is 0 Å². The van der Waals surface area contributed by atoms with Crippen molar-refractivity contribution >= 4 is 11.3 Å². The van der Waals surface area contributed by atoms with Gasteiger partial charge in [0.25, 0.3) is 0 Å². The maximum Gasteiger partial charge on any atom is 0.0571 e. The van der Waals surface area contributed by atoms with E-state index in [0.29, 0.717) is 0 Å². The Morgan fingerprint density at radius 2 is 1.93 bits per heavy atom. The average molecular weight is 212 g/mol. The molecule has 80 valence electrons. The van der Waals surface area contributed by atoms with Crippen LogP contribution >= 0.6 is 11.3 Å². The number of likely N-dealkylation sites (N-methyl/N-ethyl adjacent to an activating group) is 1. The fourth-order valence-corrected chi connectivity index (χ4v) is 2.31. The first-order chi connectivity index (χ1) is 6.35. The van der Waals surface area contributed by atoms with Crippen LogP contribution in [0.15, 0.2) is 12.1 Å². The van der Waals surface area contributed by atoms with Crippen LogP contribution in [0.2, 0.25) is 0 Å². The number of nitrogens with two attached hydrogens (primary N) is 1. The lowest BCUT2D eigenvalue weighted by molar-refractivity contribution is 0.160. The van der Waals surface area contributed by atoms with Gasteiger partial charge in [-0.25, -0.2) is 0 Å². The molecule has 0 saturated carbocycles. The van der Waals surface area contributed by atoms with Gasteiger partial charge in [-0.05, 0) is 47.0 Å². The monoisotopic (exact) mass is 212 g/mol. The van der Waals surface area contributed by atoms with Crippen molar-refractivity contribution in [3.63, 3.8) is 0 Å². The second kappa shape index (κ2) is 4.01. The Labute approximate surface area is 90.7 Å². The van der Waals surface area contributed by atoms with Crippen LogP contribution in [0.5, 0.6) is 0 Å². The summed E-state index contributed by atoms with van der Waals surface area (Å²) in [6, 6.07) is 4.35. The van der Waals surface area contributed by atoms with E-state index in [1.54, 1.807) is 11.3 Å². The van der Waals surface area contributed by atoms with E-state index in [1.165, 1.54) is 9.75 Å². The summed E-state index contributed by atoms with van der Waals surface area (Å²) in [7, 11) is 4.14. The Morgan fingerprint density at radius 3 is 2.29 bits per heavy atom. The summed E-state index contributed by atoms with van der Waals surface area (Å²) in [4.78, 5) is 4.76. The lowest BCUT2D eigenvalue weighted by Crippen LogP contribution is -2.47. The van der Waals surface area contributed by atoms with Gasteiger partial charge in [0.2, 0.25) is 0 Å². The number of nitrogens with zero attached hydrogens (tertiary/aromatic N) is 1. The molecule has 2 N–H and O–H groups in total. The molecule has 0 aromatic carbocycles. The summed E-state index contributed by atoms with van der Waals surface area (Å²) in [5, 5.41) is 0. The number of hydrogen-bond donors (Lipinski definition) is 1. The quantitative estimate of drug-likeness (QED) is 0.833.